The summed E-state index contributed by atoms with van der Waals surface area (Å²) in [6, 6.07) is 0. The maximum Gasteiger partial charge on any atom is 0.508 e. The summed E-state index contributed by atoms with van der Waals surface area (Å²) < 4.78 is 24.1. The van der Waals surface area contributed by atoms with Crippen molar-refractivity contribution in [2.45, 2.75) is 5.25 Å². The van der Waals surface area contributed by atoms with Gasteiger partial charge >= 0.3 is 12.1 Å². The SMILES string of the molecule is C=CC(=O)OCCOC(=O)OCCNC(=O)SC1COCOC1. The van der Waals surface area contributed by atoms with Crippen molar-refractivity contribution in [2.75, 3.05) is 46.4 Å². The molecule has 0 aromatic heterocycles. The Balaban J connectivity index is 1.96. The Labute approximate surface area is 137 Å². The quantitative estimate of drug-likeness (QED) is 0.384. The smallest absolute Gasteiger partial charge is 0.459 e. The average Bonchev–Trinajstić information content (AvgIpc) is 2.56. The molecule has 0 aromatic carbocycles. The topological polar surface area (TPSA) is 109 Å². The standard InChI is InChI=1S/C13H19NO8S/c1-2-11(15)20-5-6-22-13(17)21-4-3-14-12(16)23-10-7-18-9-19-8-10/h2,10H,1,3-9H2,(H,14,16). The van der Waals surface area contributed by atoms with Crippen LogP contribution in [-0.2, 0) is 28.5 Å². The van der Waals surface area contributed by atoms with Gasteiger partial charge in [0.25, 0.3) is 5.24 Å². The zero-order valence-corrected chi connectivity index (χ0v) is 13.3. The van der Waals surface area contributed by atoms with Gasteiger partial charge in [-0.15, -0.1) is 0 Å². The van der Waals surface area contributed by atoms with Crippen LogP contribution < -0.4 is 5.32 Å². The first-order chi connectivity index (χ1) is 11.1. The predicted octanol–water partition coefficient (Wildman–Crippen LogP) is 0.684. The Hall–Kier alpha value is -1.78. The number of nitrogens with one attached hydrogen (secondary N) is 1. The lowest BCUT2D eigenvalue weighted by molar-refractivity contribution is -0.138. The maximum atomic E-state index is 11.6. The summed E-state index contributed by atoms with van der Waals surface area (Å²) in [5, 5.41) is 2.27. The summed E-state index contributed by atoms with van der Waals surface area (Å²) >= 11 is 1.07. The van der Waals surface area contributed by atoms with E-state index >= 15 is 0 Å². The predicted molar refractivity (Wildman–Crippen MR) is 80.0 cm³/mol. The van der Waals surface area contributed by atoms with E-state index in [1.807, 2.05) is 0 Å². The first-order valence-corrected chi connectivity index (χ1v) is 7.68. The molecule has 1 amide bonds. The normalized spacial score (nSPS) is 14.6. The van der Waals surface area contributed by atoms with Crippen LogP contribution in [-0.4, -0.2) is 69.0 Å². The molecule has 0 atom stereocenters. The Kier molecular flexibility index (Phi) is 9.84. The Morgan fingerprint density at radius 1 is 1.13 bits per heavy atom. The third-order valence-electron chi connectivity index (χ3n) is 2.35. The zero-order valence-electron chi connectivity index (χ0n) is 12.5. The third-order valence-corrected chi connectivity index (χ3v) is 3.32. The molecule has 130 valence electrons. The van der Waals surface area contributed by atoms with Gasteiger partial charge < -0.3 is 29.0 Å². The number of carbonyl (C=O) groups is 3. The number of hydrogen-bond donors (Lipinski definition) is 1. The van der Waals surface area contributed by atoms with Crippen LogP contribution in [0.25, 0.3) is 0 Å². The number of hydrogen-bond acceptors (Lipinski definition) is 9. The first-order valence-electron chi connectivity index (χ1n) is 6.80. The van der Waals surface area contributed by atoms with E-state index in [9.17, 15) is 14.4 Å². The van der Waals surface area contributed by atoms with E-state index in [4.69, 9.17) is 14.2 Å². The minimum atomic E-state index is -0.907. The Morgan fingerprint density at radius 2 is 1.78 bits per heavy atom. The van der Waals surface area contributed by atoms with E-state index in [-0.39, 0.29) is 43.6 Å². The Morgan fingerprint density at radius 3 is 2.48 bits per heavy atom. The largest absolute Gasteiger partial charge is 0.508 e. The molecule has 9 nitrogen and oxygen atoms in total. The molecule has 1 aliphatic rings. The average molecular weight is 349 g/mol. The lowest BCUT2D eigenvalue weighted by Gasteiger charge is -2.20. The molecular formula is C13H19NO8S. The minimum Gasteiger partial charge on any atom is -0.459 e. The van der Waals surface area contributed by atoms with E-state index in [0.29, 0.717) is 13.2 Å². The van der Waals surface area contributed by atoms with Crippen LogP contribution in [0.4, 0.5) is 9.59 Å². The first kappa shape index (κ1) is 19.3. The number of ether oxygens (including phenoxy) is 5. The van der Waals surface area contributed by atoms with E-state index < -0.39 is 12.1 Å². The zero-order chi connectivity index (χ0) is 16.9. The fourth-order valence-corrected chi connectivity index (χ4v) is 2.20. The van der Waals surface area contributed by atoms with Crippen LogP contribution in [0.5, 0.6) is 0 Å². The molecule has 1 rings (SSSR count). The monoisotopic (exact) mass is 349 g/mol. The third kappa shape index (κ3) is 9.76. The molecular weight excluding hydrogens is 330 g/mol. The highest BCUT2D eigenvalue weighted by Gasteiger charge is 2.18. The highest BCUT2D eigenvalue weighted by atomic mass is 32.2. The minimum absolute atomic E-state index is 0.0325. The van der Waals surface area contributed by atoms with Gasteiger partial charge in [0.15, 0.2) is 0 Å². The molecule has 0 aliphatic carbocycles. The fourth-order valence-electron chi connectivity index (χ4n) is 1.38. The van der Waals surface area contributed by atoms with Crippen molar-refractivity contribution in [2.24, 2.45) is 0 Å². The summed E-state index contributed by atoms with van der Waals surface area (Å²) in [6.45, 7) is 4.29. The van der Waals surface area contributed by atoms with Crippen molar-refractivity contribution >= 4 is 29.1 Å². The van der Waals surface area contributed by atoms with Crippen molar-refractivity contribution in [3.8, 4) is 0 Å². The van der Waals surface area contributed by atoms with Gasteiger partial charge in [0.1, 0.15) is 26.6 Å². The van der Waals surface area contributed by atoms with Gasteiger partial charge in [-0.3, -0.25) is 4.79 Å². The van der Waals surface area contributed by atoms with Crippen molar-refractivity contribution in [1.29, 1.82) is 0 Å². The highest BCUT2D eigenvalue weighted by Crippen LogP contribution is 2.15. The lowest BCUT2D eigenvalue weighted by Crippen LogP contribution is -2.31. The van der Waals surface area contributed by atoms with Crippen molar-refractivity contribution in [3.63, 3.8) is 0 Å². The molecule has 0 saturated carbocycles. The molecule has 1 N–H and O–H groups in total. The molecule has 0 bridgehead atoms. The summed E-state index contributed by atoms with van der Waals surface area (Å²) in [5.74, 6) is -0.601. The summed E-state index contributed by atoms with van der Waals surface area (Å²) in [6.07, 6.45) is 0.0977. The van der Waals surface area contributed by atoms with Gasteiger partial charge in [-0.05, 0) is 0 Å². The van der Waals surface area contributed by atoms with Crippen LogP contribution in [0.2, 0.25) is 0 Å². The van der Waals surface area contributed by atoms with Gasteiger partial charge in [-0.25, -0.2) is 9.59 Å². The number of amides is 1. The van der Waals surface area contributed by atoms with Crippen molar-refractivity contribution < 1.29 is 38.1 Å². The molecule has 0 unspecified atom stereocenters. The number of carbonyl (C=O) groups excluding carboxylic acids is 3. The second-order valence-electron chi connectivity index (χ2n) is 4.13. The van der Waals surface area contributed by atoms with Crippen LogP contribution in [0.3, 0.4) is 0 Å². The van der Waals surface area contributed by atoms with Gasteiger partial charge in [-0.1, -0.05) is 18.3 Å². The van der Waals surface area contributed by atoms with Gasteiger partial charge in [0.05, 0.1) is 25.0 Å². The van der Waals surface area contributed by atoms with Crippen molar-refractivity contribution in [3.05, 3.63) is 12.7 Å². The molecule has 0 spiro atoms. The van der Waals surface area contributed by atoms with Crippen LogP contribution in [0, 0.1) is 0 Å². The second-order valence-corrected chi connectivity index (χ2v) is 5.41. The summed E-state index contributed by atoms with van der Waals surface area (Å²) in [4.78, 5) is 33.4. The Bertz CT molecular complexity index is 411. The number of rotatable bonds is 8. The van der Waals surface area contributed by atoms with Crippen LogP contribution >= 0.6 is 11.8 Å². The molecule has 1 saturated heterocycles. The van der Waals surface area contributed by atoms with E-state index in [2.05, 4.69) is 21.4 Å². The lowest BCUT2D eigenvalue weighted by atomic mass is 10.5. The molecule has 1 aliphatic heterocycles. The van der Waals surface area contributed by atoms with Gasteiger partial charge in [0.2, 0.25) is 0 Å². The maximum absolute atomic E-state index is 11.6. The second kappa shape index (κ2) is 11.7. The van der Waals surface area contributed by atoms with E-state index in [1.165, 1.54) is 0 Å². The molecule has 1 fully saturated rings. The molecule has 10 heteroatoms. The summed E-state index contributed by atoms with van der Waals surface area (Å²) in [5.41, 5.74) is 0. The van der Waals surface area contributed by atoms with Crippen molar-refractivity contribution in [1.82, 2.24) is 5.32 Å². The van der Waals surface area contributed by atoms with Gasteiger partial charge in [-0.2, -0.15) is 0 Å². The molecule has 0 radical (unpaired) electrons. The molecule has 23 heavy (non-hydrogen) atoms. The fraction of sp³-hybridized carbons (Fsp3) is 0.615. The van der Waals surface area contributed by atoms with E-state index in [1.54, 1.807) is 0 Å². The highest BCUT2D eigenvalue weighted by molar-refractivity contribution is 8.14. The van der Waals surface area contributed by atoms with Gasteiger partial charge in [0, 0.05) is 6.08 Å². The van der Waals surface area contributed by atoms with Crippen LogP contribution in [0.1, 0.15) is 0 Å². The number of esters is 1. The number of thioether (sulfide) groups is 1. The van der Waals surface area contributed by atoms with Crippen LogP contribution in [0.15, 0.2) is 12.7 Å². The summed E-state index contributed by atoms with van der Waals surface area (Å²) in [7, 11) is 0. The van der Waals surface area contributed by atoms with E-state index in [0.717, 1.165) is 17.8 Å². The molecule has 0 aromatic rings. The molecule has 1 heterocycles.